The van der Waals surface area contributed by atoms with Gasteiger partial charge in [0.1, 0.15) is 11.5 Å². The van der Waals surface area contributed by atoms with Crippen molar-refractivity contribution in [2.75, 3.05) is 14.2 Å². The molecule has 21 heavy (non-hydrogen) atoms. The molecule has 106 valence electrons. The van der Waals surface area contributed by atoms with E-state index in [0.29, 0.717) is 11.9 Å². The summed E-state index contributed by atoms with van der Waals surface area (Å²) in [4.78, 5) is 11.9. The molecule has 0 N–H and O–H groups in total. The smallest absolute Gasteiger partial charge is 0.365 e. The molecule has 2 heterocycles. The molecule has 2 aromatic carbocycles. The summed E-state index contributed by atoms with van der Waals surface area (Å²) in [6.45, 7) is 0.485. The first kappa shape index (κ1) is 12.1. The van der Waals surface area contributed by atoms with Crippen molar-refractivity contribution in [1.82, 2.24) is 4.74 Å². The van der Waals surface area contributed by atoms with Crippen LogP contribution in [0.5, 0.6) is 11.5 Å². The lowest BCUT2D eigenvalue weighted by Gasteiger charge is -2.21. The fourth-order valence-corrected chi connectivity index (χ4v) is 2.99. The summed E-state index contributed by atoms with van der Waals surface area (Å²) in [5.74, 6) is 1.45. The van der Waals surface area contributed by atoms with Crippen molar-refractivity contribution < 1.29 is 14.0 Å². The van der Waals surface area contributed by atoms with Crippen LogP contribution >= 0.6 is 0 Å². The lowest BCUT2D eigenvalue weighted by atomic mass is 9.94. The molecule has 3 aromatic rings. The van der Waals surface area contributed by atoms with E-state index in [9.17, 15) is 4.79 Å². The molecule has 1 aliphatic heterocycles. The highest BCUT2D eigenvalue weighted by molar-refractivity contribution is 5.97. The monoisotopic (exact) mass is 283 g/mol. The van der Waals surface area contributed by atoms with Gasteiger partial charge in [-0.05, 0) is 17.7 Å². The average molecular weight is 283 g/mol. The number of rotatable bonds is 2. The number of ether oxygens (including phenoxy) is 2. The van der Waals surface area contributed by atoms with Gasteiger partial charge in [-0.25, -0.2) is 9.53 Å². The minimum atomic E-state index is -0.314. The van der Waals surface area contributed by atoms with E-state index in [1.54, 1.807) is 25.0 Å². The van der Waals surface area contributed by atoms with Gasteiger partial charge in [0.15, 0.2) is 0 Å². The topological polar surface area (TPSA) is 53.6 Å². The van der Waals surface area contributed by atoms with Gasteiger partial charge in [0.25, 0.3) is 0 Å². The molecule has 0 fully saturated rings. The van der Waals surface area contributed by atoms with Gasteiger partial charge >= 0.3 is 5.63 Å². The zero-order valence-corrected chi connectivity index (χ0v) is 11.7. The van der Waals surface area contributed by atoms with Gasteiger partial charge in [0, 0.05) is 17.2 Å². The van der Waals surface area contributed by atoms with E-state index in [-0.39, 0.29) is 5.63 Å². The Morgan fingerprint density at radius 3 is 2.81 bits per heavy atom. The number of benzene rings is 2. The van der Waals surface area contributed by atoms with Crippen LogP contribution in [0.4, 0.5) is 0 Å². The summed E-state index contributed by atoms with van der Waals surface area (Å²) in [7, 11) is 3.25. The molecule has 0 saturated carbocycles. The zero-order chi connectivity index (χ0) is 14.6. The van der Waals surface area contributed by atoms with E-state index in [4.69, 9.17) is 14.0 Å². The van der Waals surface area contributed by atoms with Crippen molar-refractivity contribution in [3.05, 3.63) is 46.3 Å². The van der Waals surface area contributed by atoms with E-state index < -0.39 is 0 Å². The number of methoxy groups -OCH3 is 2. The normalized spacial score (nSPS) is 12.3. The van der Waals surface area contributed by atoms with Crippen molar-refractivity contribution in [2.45, 2.75) is 6.54 Å². The molecule has 0 spiro atoms. The molecule has 4 rings (SSSR count). The van der Waals surface area contributed by atoms with Crippen LogP contribution in [-0.2, 0) is 6.54 Å². The molecule has 1 aromatic heterocycles. The molecule has 0 saturated heterocycles. The standard InChI is InChI=1S/C16H13NO4/c1-19-10-6-9-8-17-15-11(14(9)13(7-10)20-2)4-3-5-12(15)16(18)21-17/h3-7H,8H2,1-2H3. The lowest BCUT2D eigenvalue weighted by Crippen LogP contribution is -2.08. The fourth-order valence-electron chi connectivity index (χ4n) is 2.99. The number of hydrogen-bond donors (Lipinski definition) is 0. The van der Waals surface area contributed by atoms with Crippen molar-refractivity contribution in [3.63, 3.8) is 0 Å². The molecule has 0 radical (unpaired) electrons. The average Bonchev–Trinajstić information content (AvgIpc) is 2.83. The second kappa shape index (κ2) is 4.15. The predicted molar refractivity (Wildman–Crippen MR) is 78.1 cm³/mol. The Morgan fingerprint density at radius 2 is 2.05 bits per heavy atom. The highest BCUT2D eigenvalue weighted by Gasteiger charge is 2.25. The molecule has 0 aliphatic carbocycles. The summed E-state index contributed by atoms with van der Waals surface area (Å²) in [6.07, 6.45) is 0. The third-order valence-corrected chi connectivity index (χ3v) is 3.89. The van der Waals surface area contributed by atoms with Gasteiger partial charge in [-0.15, -0.1) is 0 Å². The Balaban J connectivity index is 2.13. The van der Waals surface area contributed by atoms with Crippen molar-refractivity contribution >= 4 is 10.9 Å². The predicted octanol–water partition coefficient (Wildman–Crippen LogP) is 2.64. The van der Waals surface area contributed by atoms with Gasteiger partial charge in [-0.3, -0.25) is 0 Å². The Hall–Kier alpha value is -2.69. The number of nitrogens with zero attached hydrogens (tertiary/aromatic N) is 1. The summed E-state index contributed by atoms with van der Waals surface area (Å²) < 4.78 is 17.8. The second-order valence-corrected chi connectivity index (χ2v) is 4.98. The van der Waals surface area contributed by atoms with Crippen molar-refractivity contribution in [3.8, 4) is 22.6 Å². The van der Waals surface area contributed by atoms with Crippen LogP contribution in [-0.4, -0.2) is 19.0 Å². The first-order valence-corrected chi connectivity index (χ1v) is 6.61. The number of aromatic nitrogens is 1. The van der Waals surface area contributed by atoms with Crippen LogP contribution in [0.1, 0.15) is 5.56 Å². The van der Waals surface area contributed by atoms with Crippen molar-refractivity contribution in [1.29, 1.82) is 0 Å². The molecular formula is C16H13NO4. The summed E-state index contributed by atoms with van der Waals surface area (Å²) in [6, 6.07) is 9.41. The quantitative estimate of drug-likeness (QED) is 0.567. The lowest BCUT2D eigenvalue weighted by molar-refractivity contribution is 0.275. The third-order valence-electron chi connectivity index (χ3n) is 3.89. The molecule has 5 nitrogen and oxygen atoms in total. The molecule has 0 unspecified atom stereocenters. The second-order valence-electron chi connectivity index (χ2n) is 4.98. The summed E-state index contributed by atoms with van der Waals surface area (Å²) in [5.41, 5.74) is 3.44. The maximum atomic E-state index is 11.9. The van der Waals surface area contributed by atoms with Gasteiger partial charge in [0.05, 0.1) is 31.7 Å². The SMILES string of the molecule is COc1cc2c(c(OC)c1)-c1cccc3c(=O)on(c13)C2. The van der Waals surface area contributed by atoms with E-state index in [1.807, 2.05) is 24.3 Å². The van der Waals surface area contributed by atoms with Gasteiger partial charge in [-0.2, -0.15) is 0 Å². The van der Waals surface area contributed by atoms with Crippen LogP contribution < -0.4 is 15.1 Å². The van der Waals surface area contributed by atoms with Crippen molar-refractivity contribution in [2.24, 2.45) is 0 Å². The molecule has 0 bridgehead atoms. The molecule has 0 atom stereocenters. The Morgan fingerprint density at radius 1 is 1.19 bits per heavy atom. The van der Waals surface area contributed by atoms with Gasteiger partial charge < -0.3 is 14.0 Å². The van der Waals surface area contributed by atoms with E-state index in [0.717, 1.165) is 33.7 Å². The molecule has 1 aliphatic rings. The first-order chi connectivity index (χ1) is 10.2. The third kappa shape index (κ3) is 1.54. The number of fused-ring (bicyclic) bond motifs is 2. The first-order valence-electron chi connectivity index (χ1n) is 6.61. The van der Waals surface area contributed by atoms with Crippen LogP contribution in [0.3, 0.4) is 0 Å². The minimum Gasteiger partial charge on any atom is -0.497 e. The fraction of sp³-hybridized carbons (Fsp3) is 0.188. The largest absolute Gasteiger partial charge is 0.497 e. The maximum Gasteiger partial charge on any atom is 0.365 e. The number of para-hydroxylation sites is 1. The van der Waals surface area contributed by atoms with Gasteiger partial charge in [0.2, 0.25) is 0 Å². The van der Waals surface area contributed by atoms with Crippen LogP contribution in [0.2, 0.25) is 0 Å². The zero-order valence-electron chi connectivity index (χ0n) is 11.7. The van der Waals surface area contributed by atoms with Gasteiger partial charge in [-0.1, -0.05) is 12.1 Å². The number of hydrogen-bond acceptors (Lipinski definition) is 4. The Kier molecular flexibility index (Phi) is 2.39. The molecule has 5 heteroatoms. The summed E-state index contributed by atoms with van der Waals surface area (Å²) >= 11 is 0. The highest BCUT2D eigenvalue weighted by Crippen LogP contribution is 2.43. The van der Waals surface area contributed by atoms with Crippen LogP contribution in [0, 0.1) is 0 Å². The Labute approximate surface area is 120 Å². The minimum absolute atomic E-state index is 0.314. The molecular weight excluding hydrogens is 270 g/mol. The summed E-state index contributed by atoms with van der Waals surface area (Å²) in [5, 5.41) is 0.594. The van der Waals surface area contributed by atoms with Crippen LogP contribution in [0.25, 0.3) is 22.0 Å². The van der Waals surface area contributed by atoms with Crippen LogP contribution in [0.15, 0.2) is 39.6 Å². The van der Waals surface area contributed by atoms with E-state index in [2.05, 4.69) is 0 Å². The van der Waals surface area contributed by atoms with E-state index >= 15 is 0 Å². The molecule has 0 amide bonds. The maximum absolute atomic E-state index is 11.9. The Bertz CT molecular complexity index is 920. The van der Waals surface area contributed by atoms with E-state index in [1.165, 1.54) is 0 Å². The highest BCUT2D eigenvalue weighted by atomic mass is 16.5.